The van der Waals surface area contributed by atoms with Gasteiger partial charge in [0.25, 0.3) is 0 Å². The number of hydrogen-bond acceptors (Lipinski definition) is 2. The van der Waals surface area contributed by atoms with Gasteiger partial charge in [-0.2, -0.15) is 5.26 Å². The van der Waals surface area contributed by atoms with Crippen molar-refractivity contribution in [1.82, 2.24) is 0 Å². The lowest BCUT2D eigenvalue weighted by molar-refractivity contribution is 0.829. The second-order valence-corrected chi connectivity index (χ2v) is 3.57. The van der Waals surface area contributed by atoms with Gasteiger partial charge in [-0.25, -0.2) is 0 Å². The largest absolute Gasteiger partial charge is 0.300 e. The molecule has 2 rings (SSSR count). The van der Waals surface area contributed by atoms with Crippen LogP contribution in [0.1, 0.15) is 12.8 Å². The molecule has 0 heterocycles. The summed E-state index contributed by atoms with van der Waals surface area (Å²) in [6.45, 7) is 3.72. The number of nitrogens with one attached hydrogen (secondary N) is 1. The monoisotopic (exact) mass is 170 g/mol. The Morgan fingerprint density at radius 3 is 2.62 bits per heavy atom. The fourth-order valence-corrected chi connectivity index (χ4v) is 1.46. The highest BCUT2D eigenvalue weighted by Gasteiger charge is 2.46. The molecule has 13 heavy (non-hydrogen) atoms. The van der Waals surface area contributed by atoms with Gasteiger partial charge in [0.1, 0.15) is 0 Å². The van der Waals surface area contributed by atoms with Crippen LogP contribution in [0.15, 0.2) is 36.0 Å². The Labute approximate surface area is 77.4 Å². The van der Waals surface area contributed by atoms with E-state index >= 15 is 0 Å². The Morgan fingerprint density at radius 2 is 2.15 bits per heavy atom. The van der Waals surface area contributed by atoms with Crippen LogP contribution in [0.5, 0.6) is 0 Å². The predicted molar refractivity (Wildman–Crippen MR) is 51.4 cm³/mol. The van der Waals surface area contributed by atoms with Crippen LogP contribution in [0.25, 0.3) is 0 Å². The minimum absolute atomic E-state index is 0.274. The molecular weight excluding hydrogens is 160 g/mol. The van der Waals surface area contributed by atoms with Crippen LogP contribution in [0, 0.1) is 22.2 Å². The van der Waals surface area contributed by atoms with E-state index < -0.39 is 0 Å². The van der Waals surface area contributed by atoms with Crippen molar-refractivity contribution in [1.29, 1.82) is 10.7 Å². The van der Waals surface area contributed by atoms with Crippen molar-refractivity contribution in [3.63, 3.8) is 0 Å². The molecule has 2 heteroatoms. The van der Waals surface area contributed by atoms with Gasteiger partial charge in [-0.05, 0) is 30.1 Å². The summed E-state index contributed by atoms with van der Waals surface area (Å²) in [5.74, 6) is 0. The molecule has 0 aromatic rings. The van der Waals surface area contributed by atoms with E-state index in [0.717, 1.165) is 24.0 Å². The van der Waals surface area contributed by atoms with E-state index in [0.29, 0.717) is 5.71 Å². The Balaban J connectivity index is 2.34. The van der Waals surface area contributed by atoms with E-state index in [2.05, 4.69) is 12.6 Å². The van der Waals surface area contributed by atoms with Crippen molar-refractivity contribution >= 4 is 5.71 Å². The first-order valence-electron chi connectivity index (χ1n) is 4.27. The molecule has 64 valence electrons. The molecule has 2 nitrogen and oxygen atoms in total. The summed E-state index contributed by atoms with van der Waals surface area (Å²) in [4.78, 5) is 0. The summed E-state index contributed by atoms with van der Waals surface area (Å²) in [5, 5.41) is 16.5. The number of nitrogens with zero attached hydrogens (tertiary/aromatic N) is 1. The maximum Gasteiger partial charge on any atom is 0.0824 e. The molecule has 0 unspecified atom stereocenters. The van der Waals surface area contributed by atoms with E-state index in [1.807, 2.05) is 12.2 Å². The van der Waals surface area contributed by atoms with Gasteiger partial charge in [-0.15, -0.1) is 0 Å². The minimum Gasteiger partial charge on any atom is -0.300 e. The molecule has 0 aliphatic heterocycles. The van der Waals surface area contributed by atoms with Gasteiger partial charge < -0.3 is 5.41 Å². The number of allylic oxidation sites excluding steroid dienone is 5. The van der Waals surface area contributed by atoms with Crippen LogP contribution < -0.4 is 0 Å². The number of rotatable bonds is 1. The lowest BCUT2D eigenvalue weighted by Crippen LogP contribution is -2.07. The van der Waals surface area contributed by atoms with Crippen LogP contribution in [-0.2, 0) is 0 Å². The van der Waals surface area contributed by atoms with E-state index in [4.69, 9.17) is 10.7 Å². The molecule has 0 amide bonds. The molecule has 2 aliphatic rings. The molecule has 0 aromatic carbocycles. The van der Waals surface area contributed by atoms with Crippen LogP contribution in [0.3, 0.4) is 0 Å². The first kappa shape index (κ1) is 8.00. The highest BCUT2D eigenvalue weighted by Crippen LogP contribution is 2.52. The fourth-order valence-electron chi connectivity index (χ4n) is 1.46. The Hall–Kier alpha value is -1.62. The SMILES string of the molecule is C=C1C=CC(C2(C#N)CC2)=CC1=N. The van der Waals surface area contributed by atoms with Gasteiger partial charge in [0, 0.05) is 0 Å². The maximum atomic E-state index is 8.94. The molecule has 0 atom stereocenters. The predicted octanol–water partition coefficient (Wildman–Crippen LogP) is 2.36. The zero-order valence-corrected chi connectivity index (χ0v) is 7.30. The van der Waals surface area contributed by atoms with Crippen molar-refractivity contribution < 1.29 is 0 Å². The van der Waals surface area contributed by atoms with Gasteiger partial charge in [0.05, 0.1) is 17.2 Å². The molecule has 0 radical (unpaired) electrons. The molecule has 1 fully saturated rings. The smallest absolute Gasteiger partial charge is 0.0824 e. The first-order chi connectivity index (χ1) is 6.18. The number of hydrogen-bond donors (Lipinski definition) is 1. The summed E-state index contributed by atoms with van der Waals surface area (Å²) in [5.41, 5.74) is 1.85. The highest BCUT2D eigenvalue weighted by atomic mass is 14.5. The van der Waals surface area contributed by atoms with E-state index in [1.54, 1.807) is 6.08 Å². The normalized spacial score (nSPS) is 23.8. The van der Waals surface area contributed by atoms with Crippen molar-refractivity contribution in [3.8, 4) is 6.07 Å². The summed E-state index contributed by atoms with van der Waals surface area (Å²) in [6.07, 6.45) is 7.35. The second kappa shape index (κ2) is 2.43. The lowest BCUT2D eigenvalue weighted by atomic mass is 9.90. The standard InChI is InChI=1S/C11H10N2/c1-8-2-3-9(6-10(8)13)11(7-12)4-5-11/h2-3,6,13H,1,4-5H2. The third-order valence-corrected chi connectivity index (χ3v) is 2.63. The quantitative estimate of drug-likeness (QED) is 0.645. The van der Waals surface area contributed by atoms with Gasteiger partial charge in [0.15, 0.2) is 0 Å². The minimum atomic E-state index is -0.274. The Kier molecular flexibility index (Phi) is 1.50. The maximum absolute atomic E-state index is 8.94. The van der Waals surface area contributed by atoms with Crippen LogP contribution >= 0.6 is 0 Å². The topological polar surface area (TPSA) is 47.6 Å². The van der Waals surface area contributed by atoms with Crippen LogP contribution in [-0.4, -0.2) is 5.71 Å². The van der Waals surface area contributed by atoms with Gasteiger partial charge >= 0.3 is 0 Å². The van der Waals surface area contributed by atoms with E-state index in [1.165, 1.54) is 0 Å². The molecule has 0 aromatic heterocycles. The molecule has 0 saturated heterocycles. The van der Waals surface area contributed by atoms with Gasteiger partial charge in [-0.3, -0.25) is 0 Å². The molecule has 2 aliphatic carbocycles. The zero-order chi connectivity index (χ0) is 9.47. The summed E-state index contributed by atoms with van der Waals surface area (Å²) in [7, 11) is 0. The van der Waals surface area contributed by atoms with Crippen molar-refractivity contribution in [2.45, 2.75) is 12.8 Å². The molecule has 1 N–H and O–H groups in total. The highest BCUT2D eigenvalue weighted by molar-refractivity contribution is 6.09. The van der Waals surface area contributed by atoms with Crippen molar-refractivity contribution in [2.24, 2.45) is 5.41 Å². The van der Waals surface area contributed by atoms with Crippen LogP contribution in [0.2, 0.25) is 0 Å². The molecule has 1 saturated carbocycles. The molecular formula is C11H10N2. The zero-order valence-electron chi connectivity index (χ0n) is 7.30. The van der Waals surface area contributed by atoms with Crippen molar-refractivity contribution in [2.75, 3.05) is 0 Å². The molecule has 0 spiro atoms. The van der Waals surface area contributed by atoms with Crippen molar-refractivity contribution in [3.05, 3.63) is 36.0 Å². The van der Waals surface area contributed by atoms with E-state index in [9.17, 15) is 0 Å². The lowest BCUT2D eigenvalue weighted by Gasteiger charge is -2.12. The number of nitriles is 1. The second-order valence-electron chi connectivity index (χ2n) is 3.57. The Morgan fingerprint density at radius 1 is 1.46 bits per heavy atom. The van der Waals surface area contributed by atoms with Gasteiger partial charge in [-0.1, -0.05) is 18.7 Å². The Bertz CT molecular complexity index is 387. The summed E-state index contributed by atoms with van der Waals surface area (Å²) in [6, 6.07) is 2.31. The van der Waals surface area contributed by atoms with E-state index in [-0.39, 0.29) is 5.41 Å². The third-order valence-electron chi connectivity index (χ3n) is 2.63. The third kappa shape index (κ3) is 1.13. The van der Waals surface area contributed by atoms with Gasteiger partial charge in [0.2, 0.25) is 0 Å². The molecule has 0 bridgehead atoms. The van der Waals surface area contributed by atoms with Crippen LogP contribution in [0.4, 0.5) is 0 Å². The first-order valence-corrected chi connectivity index (χ1v) is 4.27. The average molecular weight is 170 g/mol. The average Bonchev–Trinajstić information content (AvgIpc) is 2.90. The summed E-state index contributed by atoms with van der Waals surface area (Å²) < 4.78 is 0. The summed E-state index contributed by atoms with van der Waals surface area (Å²) >= 11 is 0. The fraction of sp³-hybridized carbons (Fsp3) is 0.273.